The summed E-state index contributed by atoms with van der Waals surface area (Å²) in [6.07, 6.45) is -3.51. The van der Waals surface area contributed by atoms with Gasteiger partial charge in [-0.3, -0.25) is 4.99 Å². The van der Waals surface area contributed by atoms with E-state index in [9.17, 15) is 13.2 Å². The van der Waals surface area contributed by atoms with E-state index >= 15 is 0 Å². The standard InChI is InChI=1S/C15H26F3N5OS/c1-5-24-11(6-7-23(3)4)8-20-14(19-2)21-9-13-22-12(10-25-13)15(16,17)18/h10-11H,5-9H2,1-4H3,(H2,19,20,21). The summed E-state index contributed by atoms with van der Waals surface area (Å²) < 4.78 is 43.3. The Labute approximate surface area is 150 Å². The van der Waals surface area contributed by atoms with Crippen molar-refractivity contribution in [2.45, 2.75) is 32.2 Å². The topological polar surface area (TPSA) is 61.8 Å². The lowest BCUT2D eigenvalue weighted by Crippen LogP contribution is -2.42. The smallest absolute Gasteiger partial charge is 0.377 e. The minimum atomic E-state index is -4.41. The quantitative estimate of drug-likeness (QED) is 0.507. The van der Waals surface area contributed by atoms with Gasteiger partial charge in [0.1, 0.15) is 5.01 Å². The number of thiazole rings is 1. The fraction of sp³-hybridized carbons (Fsp3) is 0.733. The van der Waals surface area contributed by atoms with Gasteiger partial charge < -0.3 is 20.3 Å². The van der Waals surface area contributed by atoms with Crippen LogP contribution in [0.1, 0.15) is 24.0 Å². The van der Waals surface area contributed by atoms with E-state index in [-0.39, 0.29) is 12.6 Å². The monoisotopic (exact) mass is 381 g/mol. The first-order valence-corrected chi connectivity index (χ1v) is 8.86. The third-order valence-electron chi connectivity index (χ3n) is 3.27. The second-order valence-electron chi connectivity index (χ2n) is 5.60. The number of rotatable bonds is 9. The Bertz CT molecular complexity index is 533. The lowest BCUT2D eigenvalue weighted by molar-refractivity contribution is -0.140. The average molecular weight is 381 g/mol. The molecule has 1 heterocycles. The molecule has 1 rings (SSSR count). The SMILES string of the molecule is CCOC(CCN(C)C)CNC(=NC)NCc1nc(C(F)(F)F)cs1. The molecule has 0 amide bonds. The van der Waals surface area contributed by atoms with E-state index in [1.165, 1.54) is 0 Å². The number of aromatic nitrogens is 1. The predicted octanol–water partition coefficient (Wildman–Crippen LogP) is 2.18. The number of ether oxygens (including phenoxy) is 1. The summed E-state index contributed by atoms with van der Waals surface area (Å²) in [6.45, 7) is 4.20. The van der Waals surface area contributed by atoms with Crippen molar-refractivity contribution < 1.29 is 17.9 Å². The van der Waals surface area contributed by atoms with Crippen molar-refractivity contribution in [3.63, 3.8) is 0 Å². The summed E-state index contributed by atoms with van der Waals surface area (Å²) in [5, 5.41) is 7.47. The number of guanidine groups is 1. The van der Waals surface area contributed by atoms with Crippen LogP contribution in [-0.2, 0) is 17.5 Å². The van der Waals surface area contributed by atoms with Gasteiger partial charge in [0.05, 0.1) is 12.6 Å². The van der Waals surface area contributed by atoms with Gasteiger partial charge in [0.2, 0.25) is 0 Å². The highest BCUT2D eigenvalue weighted by atomic mass is 32.1. The minimum Gasteiger partial charge on any atom is -0.377 e. The third-order valence-corrected chi connectivity index (χ3v) is 4.12. The second-order valence-corrected chi connectivity index (χ2v) is 6.54. The van der Waals surface area contributed by atoms with Crippen LogP contribution in [0.3, 0.4) is 0 Å². The van der Waals surface area contributed by atoms with Crippen molar-refractivity contribution in [1.29, 1.82) is 0 Å². The molecule has 144 valence electrons. The van der Waals surface area contributed by atoms with Gasteiger partial charge in [0, 0.05) is 32.1 Å². The molecule has 1 unspecified atom stereocenters. The third kappa shape index (κ3) is 8.50. The number of alkyl halides is 3. The van der Waals surface area contributed by atoms with E-state index in [0.29, 0.717) is 24.1 Å². The van der Waals surface area contributed by atoms with E-state index in [1.54, 1.807) is 7.05 Å². The highest BCUT2D eigenvalue weighted by Gasteiger charge is 2.33. The molecular weight excluding hydrogens is 355 g/mol. The number of aliphatic imine (C=N–C) groups is 1. The number of hydrogen-bond acceptors (Lipinski definition) is 5. The lowest BCUT2D eigenvalue weighted by Gasteiger charge is -2.21. The average Bonchev–Trinajstić information content (AvgIpc) is 3.01. The molecular formula is C15H26F3N5OS. The van der Waals surface area contributed by atoms with Gasteiger partial charge in [-0.15, -0.1) is 11.3 Å². The number of nitrogens with zero attached hydrogens (tertiary/aromatic N) is 3. The first-order valence-electron chi connectivity index (χ1n) is 7.98. The van der Waals surface area contributed by atoms with E-state index in [0.717, 1.165) is 29.7 Å². The lowest BCUT2D eigenvalue weighted by atomic mass is 10.2. The number of halogens is 3. The Kier molecular flexibility index (Phi) is 9.15. The Hall–Kier alpha value is -1.39. The van der Waals surface area contributed by atoms with E-state index in [2.05, 4.69) is 25.5 Å². The molecule has 1 aromatic rings. The Morgan fingerprint density at radius 3 is 2.64 bits per heavy atom. The van der Waals surface area contributed by atoms with Crippen LogP contribution in [0.4, 0.5) is 13.2 Å². The molecule has 0 saturated heterocycles. The van der Waals surface area contributed by atoms with Crippen LogP contribution in [0.5, 0.6) is 0 Å². The largest absolute Gasteiger partial charge is 0.434 e. The van der Waals surface area contributed by atoms with Crippen molar-refractivity contribution in [3.05, 3.63) is 16.1 Å². The minimum absolute atomic E-state index is 0.0302. The maximum absolute atomic E-state index is 12.5. The molecule has 10 heteroatoms. The van der Waals surface area contributed by atoms with Gasteiger partial charge in [-0.1, -0.05) is 0 Å². The summed E-state index contributed by atoms with van der Waals surface area (Å²) >= 11 is 0.966. The maximum Gasteiger partial charge on any atom is 0.434 e. The van der Waals surface area contributed by atoms with Gasteiger partial charge in [-0.05, 0) is 27.4 Å². The molecule has 2 N–H and O–H groups in total. The van der Waals surface area contributed by atoms with Crippen LogP contribution in [0.25, 0.3) is 0 Å². The molecule has 25 heavy (non-hydrogen) atoms. The maximum atomic E-state index is 12.5. The van der Waals surface area contributed by atoms with Crippen LogP contribution < -0.4 is 10.6 Å². The van der Waals surface area contributed by atoms with Crippen LogP contribution >= 0.6 is 11.3 Å². The molecule has 0 spiro atoms. The van der Waals surface area contributed by atoms with Crippen molar-refractivity contribution in [3.8, 4) is 0 Å². The fourth-order valence-electron chi connectivity index (χ4n) is 1.99. The Balaban J connectivity index is 2.46. The first kappa shape index (κ1) is 21.7. The molecule has 0 bridgehead atoms. The normalized spacial score (nSPS) is 14.0. The zero-order valence-electron chi connectivity index (χ0n) is 15.0. The molecule has 1 aromatic heterocycles. The molecule has 0 fully saturated rings. The molecule has 0 aliphatic rings. The molecule has 0 saturated carbocycles. The summed E-state index contributed by atoms with van der Waals surface area (Å²) in [5.74, 6) is 0.498. The first-order chi connectivity index (χ1) is 11.8. The van der Waals surface area contributed by atoms with Crippen LogP contribution in [0, 0.1) is 0 Å². The van der Waals surface area contributed by atoms with Crippen molar-refractivity contribution in [2.75, 3.05) is 40.8 Å². The molecule has 6 nitrogen and oxygen atoms in total. The fourth-order valence-corrected chi connectivity index (χ4v) is 2.74. The highest BCUT2D eigenvalue weighted by Crippen LogP contribution is 2.29. The van der Waals surface area contributed by atoms with Crippen molar-refractivity contribution in [2.24, 2.45) is 4.99 Å². The van der Waals surface area contributed by atoms with Crippen LogP contribution in [0.2, 0.25) is 0 Å². The molecule has 0 aliphatic heterocycles. The summed E-state index contributed by atoms with van der Waals surface area (Å²) in [4.78, 5) is 9.73. The van der Waals surface area contributed by atoms with Gasteiger partial charge in [-0.25, -0.2) is 4.98 Å². The number of hydrogen-bond donors (Lipinski definition) is 2. The molecule has 0 aliphatic carbocycles. The predicted molar refractivity (Wildman–Crippen MR) is 93.9 cm³/mol. The highest BCUT2D eigenvalue weighted by molar-refractivity contribution is 7.09. The van der Waals surface area contributed by atoms with E-state index < -0.39 is 11.9 Å². The molecule has 1 atom stereocenters. The summed E-state index contributed by atoms with van der Waals surface area (Å²) in [5.41, 5.74) is -0.864. The molecule has 0 radical (unpaired) electrons. The van der Waals surface area contributed by atoms with Crippen molar-refractivity contribution >= 4 is 17.3 Å². The zero-order chi connectivity index (χ0) is 18.9. The van der Waals surface area contributed by atoms with Crippen LogP contribution in [0.15, 0.2) is 10.4 Å². The Morgan fingerprint density at radius 1 is 1.40 bits per heavy atom. The Morgan fingerprint density at radius 2 is 2.12 bits per heavy atom. The van der Waals surface area contributed by atoms with Crippen molar-refractivity contribution in [1.82, 2.24) is 20.5 Å². The van der Waals surface area contributed by atoms with Gasteiger partial charge >= 0.3 is 6.18 Å². The second kappa shape index (κ2) is 10.6. The number of nitrogens with one attached hydrogen (secondary N) is 2. The van der Waals surface area contributed by atoms with E-state index in [1.807, 2.05) is 21.0 Å². The van der Waals surface area contributed by atoms with Gasteiger partial charge in [-0.2, -0.15) is 13.2 Å². The van der Waals surface area contributed by atoms with Gasteiger partial charge in [0.25, 0.3) is 0 Å². The van der Waals surface area contributed by atoms with Crippen LogP contribution in [-0.4, -0.2) is 62.8 Å². The summed E-state index contributed by atoms with van der Waals surface area (Å²) in [7, 11) is 5.61. The summed E-state index contributed by atoms with van der Waals surface area (Å²) in [6, 6.07) is 0. The molecule has 0 aromatic carbocycles. The van der Waals surface area contributed by atoms with E-state index in [4.69, 9.17) is 4.74 Å². The van der Waals surface area contributed by atoms with Gasteiger partial charge in [0.15, 0.2) is 11.7 Å². The zero-order valence-corrected chi connectivity index (χ0v) is 15.8.